The van der Waals surface area contributed by atoms with E-state index in [4.69, 9.17) is 5.11 Å². The third kappa shape index (κ3) is 1.83. The quantitative estimate of drug-likeness (QED) is 0.894. The van der Waals surface area contributed by atoms with Crippen LogP contribution in [0.4, 0.5) is 5.69 Å². The van der Waals surface area contributed by atoms with E-state index in [0.717, 1.165) is 24.7 Å². The van der Waals surface area contributed by atoms with Crippen LogP contribution >= 0.6 is 0 Å². The molecular weight excluding hydrogens is 250 g/mol. The number of carboxylic acids is 1. The van der Waals surface area contributed by atoms with Gasteiger partial charge >= 0.3 is 5.97 Å². The summed E-state index contributed by atoms with van der Waals surface area (Å²) in [5, 5.41) is 8.98. The second kappa shape index (κ2) is 4.24. The molecule has 2 atom stereocenters. The first-order valence-electron chi connectivity index (χ1n) is 7.42. The lowest BCUT2D eigenvalue weighted by Crippen LogP contribution is -2.52. The zero-order valence-corrected chi connectivity index (χ0v) is 12.5. The summed E-state index contributed by atoms with van der Waals surface area (Å²) in [5.41, 5.74) is 2.29. The van der Waals surface area contributed by atoms with Crippen LogP contribution in [-0.4, -0.2) is 24.2 Å². The number of anilines is 1. The van der Waals surface area contributed by atoms with Gasteiger partial charge in [0.2, 0.25) is 0 Å². The van der Waals surface area contributed by atoms with E-state index < -0.39 is 5.97 Å². The van der Waals surface area contributed by atoms with Crippen molar-refractivity contribution >= 4 is 11.7 Å². The summed E-state index contributed by atoms with van der Waals surface area (Å²) < 4.78 is 0. The zero-order valence-electron chi connectivity index (χ0n) is 12.5. The van der Waals surface area contributed by atoms with Crippen LogP contribution in [0.15, 0.2) is 24.3 Å². The number of aromatic carboxylic acids is 1. The minimum atomic E-state index is -0.858. The summed E-state index contributed by atoms with van der Waals surface area (Å²) in [5.74, 6) is -0.122. The van der Waals surface area contributed by atoms with E-state index in [-0.39, 0.29) is 0 Å². The molecule has 1 aliphatic carbocycles. The van der Waals surface area contributed by atoms with Crippen LogP contribution in [0.2, 0.25) is 0 Å². The summed E-state index contributed by atoms with van der Waals surface area (Å²) in [6.45, 7) is 9.40. The van der Waals surface area contributed by atoms with Crippen molar-refractivity contribution in [3.8, 4) is 0 Å². The highest BCUT2D eigenvalue weighted by atomic mass is 16.4. The SMILES string of the molecule is CC12CCC(CN(c3ccc(C(=O)O)cc3)C1)C2(C)C. The predicted octanol–water partition coefficient (Wildman–Crippen LogP) is 3.65. The summed E-state index contributed by atoms with van der Waals surface area (Å²) in [6.07, 6.45) is 2.61. The molecule has 20 heavy (non-hydrogen) atoms. The second-order valence-electron chi connectivity index (χ2n) is 7.25. The third-order valence-corrected chi connectivity index (χ3v) is 6.08. The lowest BCUT2D eigenvalue weighted by atomic mass is 9.63. The molecule has 1 aliphatic heterocycles. The first-order valence-corrected chi connectivity index (χ1v) is 7.42. The van der Waals surface area contributed by atoms with Gasteiger partial charge < -0.3 is 10.0 Å². The average Bonchev–Trinajstić information content (AvgIpc) is 2.56. The van der Waals surface area contributed by atoms with E-state index in [1.54, 1.807) is 12.1 Å². The maximum absolute atomic E-state index is 10.9. The number of fused-ring (bicyclic) bond motifs is 2. The van der Waals surface area contributed by atoms with Crippen LogP contribution < -0.4 is 4.90 Å². The number of hydrogen-bond acceptors (Lipinski definition) is 2. The lowest BCUT2D eigenvalue weighted by Gasteiger charge is -2.51. The Morgan fingerprint density at radius 3 is 2.45 bits per heavy atom. The highest BCUT2D eigenvalue weighted by molar-refractivity contribution is 5.88. The Bertz CT molecular complexity index is 534. The number of carbonyl (C=O) groups is 1. The Labute approximate surface area is 120 Å². The van der Waals surface area contributed by atoms with Gasteiger partial charge in [-0.1, -0.05) is 20.8 Å². The first-order chi connectivity index (χ1) is 9.33. The van der Waals surface area contributed by atoms with Gasteiger partial charge in [-0.2, -0.15) is 0 Å². The van der Waals surface area contributed by atoms with E-state index in [1.807, 2.05) is 12.1 Å². The van der Waals surface area contributed by atoms with Crippen molar-refractivity contribution in [1.82, 2.24) is 0 Å². The molecule has 2 aliphatic rings. The third-order valence-electron chi connectivity index (χ3n) is 6.08. The first kappa shape index (κ1) is 13.5. The molecule has 0 radical (unpaired) electrons. The molecule has 1 saturated heterocycles. The monoisotopic (exact) mass is 273 g/mol. The highest BCUT2D eigenvalue weighted by Gasteiger charge is 2.55. The van der Waals surface area contributed by atoms with Crippen LogP contribution in [0, 0.1) is 16.7 Å². The molecule has 0 aromatic heterocycles. The Hall–Kier alpha value is -1.51. The molecule has 2 fully saturated rings. The fourth-order valence-corrected chi connectivity index (χ4v) is 4.03. The van der Waals surface area contributed by atoms with Crippen molar-refractivity contribution in [2.45, 2.75) is 33.6 Å². The summed E-state index contributed by atoms with van der Waals surface area (Å²) in [6, 6.07) is 7.32. The number of piperidine rings is 1. The van der Waals surface area contributed by atoms with E-state index in [2.05, 4.69) is 25.7 Å². The zero-order chi connectivity index (χ0) is 14.5. The van der Waals surface area contributed by atoms with E-state index in [9.17, 15) is 4.79 Å². The van der Waals surface area contributed by atoms with E-state index in [0.29, 0.717) is 16.4 Å². The molecule has 0 spiro atoms. The average molecular weight is 273 g/mol. The topological polar surface area (TPSA) is 40.5 Å². The van der Waals surface area contributed by atoms with Gasteiger partial charge in [0.25, 0.3) is 0 Å². The van der Waals surface area contributed by atoms with Crippen LogP contribution in [0.5, 0.6) is 0 Å². The molecule has 1 heterocycles. The standard InChI is InChI=1S/C17H23NO2/c1-16(2)13-8-9-17(16,3)11-18(10-13)14-6-4-12(5-7-14)15(19)20/h4-7,13H,8-11H2,1-3H3,(H,19,20). The molecule has 3 nitrogen and oxygen atoms in total. The van der Waals surface area contributed by atoms with Crippen molar-refractivity contribution in [2.24, 2.45) is 16.7 Å². The maximum atomic E-state index is 10.9. The van der Waals surface area contributed by atoms with Gasteiger partial charge in [0.05, 0.1) is 5.56 Å². The molecule has 1 aromatic carbocycles. The van der Waals surface area contributed by atoms with Crippen molar-refractivity contribution in [2.75, 3.05) is 18.0 Å². The molecule has 2 unspecified atom stereocenters. The van der Waals surface area contributed by atoms with Gasteiger partial charge in [-0.3, -0.25) is 0 Å². The molecule has 108 valence electrons. The Morgan fingerprint density at radius 1 is 1.25 bits per heavy atom. The predicted molar refractivity (Wildman–Crippen MR) is 80.2 cm³/mol. The van der Waals surface area contributed by atoms with Gasteiger partial charge in [0.1, 0.15) is 0 Å². The summed E-state index contributed by atoms with van der Waals surface area (Å²) in [4.78, 5) is 13.4. The van der Waals surface area contributed by atoms with Crippen LogP contribution in [0.1, 0.15) is 44.0 Å². The molecular formula is C17H23NO2. The smallest absolute Gasteiger partial charge is 0.335 e. The maximum Gasteiger partial charge on any atom is 0.335 e. The Balaban J connectivity index is 1.85. The number of hydrogen-bond donors (Lipinski definition) is 1. The molecule has 1 saturated carbocycles. The number of nitrogens with zero attached hydrogens (tertiary/aromatic N) is 1. The van der Waals surface area contributed by atoms with Crippen LogP contribution in [-0.2, 0) is 0 Å². The van der Waals surface area contributed by atoms with Crippen LogP contribution in [0.3, 0.4) is 0 Å². The fourth-order valence-electron chi connectivity index (χ4n) is 4.03. The van der Waals surface area contributed by atoms with Gasteiger partial charge in [-0.15, -0.1) is 0 Å². The molecule has 0 amide bonds. The summed E-state index contributed by atoms with van der Waals surface area (Å²) in [7, 11) is 0. The lowest BCUT2D eigenvalue weighted by molar-refractivity contribution is 0.0693. The van der Waals surface area contributed by atoms with Crippen molar-refractivity contribution in [1.29, 1.82) is 0 Å². The Morgan fingerprint density at radius 2 is 1.90 bits per heavy atom. The fraction of sp³-hybridized carbons (Fsp3) is 0.588. The highest BCUT2D eigenvalue weighted by Crippen LogP contribution is 2.59. The number of benzene rings is 1. The summed E-state index contributed by atoms with van der Waals surface area (Å²) >= 11 is 0. The normalized spacial score (nSPS) is 31.4. The molecule has 3 rings (SSSR count). The van der Waals surface area contributed by atoms with Crippen LogP contribution in [0.25, 0.3) is 0 Å². The van der Waals surface area contributed by atoms with Gasteiger partial charge in [0.15, 0.2) is 0 Å². The van der Waals surface area contributed by atoms with Gasteiger partial charge in [0, 0.05) is 18.8 Å². The van der Waals surface area contributed by atoms with Gasteiger partial charge in [-0.25, -0.2) is 4.79 Å². The minimum absolute atomic E-state index is 0.361. The van der Waals surface area contributed by atoms with Crippen molar-refractivity contribution in [3.63, 3.8) is 0 Å². The second-order valence-corrected chi connectivity index (χ2v) is 7.25. The molecule has 3 heteroatoms. The largest absolute Gasteiger partial charge is 0.478 e. The number of carboxylic acid groups (broad SMARTS) is 1. The molecule has 1 aromatic rings. The molecule has 2 bridgehead atoms. The van der Waals surface area contributed by atoms with E-state index >= 15 is 0 Å². The Kier molecular flexibility index (Phi) is 2.86. The molecule has 1 N–H and O–H groups in total. The van der Waals surface area contributed by atoms with Crippen molar-refractivity contribution in [3.05, 3.63) is 29.8 Å². The van der Waals surface area contributed by atoms with E-state index in [1.165, 1.54) is 12.8 Å². The minimum Gasteiger partial charge on any atom is -0.478 e. The van der Waals surface area contributed by atoms with Gasteiger partial charge in [-0.05, 0) is 53.9 Å². The number of rotatable bonds is 2. The van der Waals surface area contributed by atoms with Crippen molar-refractivity contribution < 1.29 is 9.90 Å².